The molecule has 0 spiro atoms. The van der Waals surface area contributed by atoms with Gasteiger partial charge < -0.3 is 24.8 Å². The van der Waals surface area contributed by atoms with Crippen LogP contribution in [0.2, 0.25) is 0 Å². The number of carbonyl (C=O) groups excluding carboxylic acids is 1. The van der Waals surface area contributed by atoms with Crippen LogP contribution in [0.25, 0.3) is 0 Å². The maximum absolute atomic E-state index is 12.9. The average Bonchev–Trinajstić information content (AvgIpc) is 2.59. The fourth-order valence-electron chi connectivity index (χ4n) is 3.30. The Morgan fingerprint density at radius 3 is 2.83 bits per heavy atom. The first-order valence-corrected chi connectivity index (χ1v) is 8.12. The highest BCUT2D eigenvalue weighted by Crippen LogP contribution is 2.41. The SMILES string of the molecule is COc1cc(C(=O)N2CCC(C)CC2CN)cc2c1OCCO2.Cl. The maximum atomic E-state index is 12.9. The highest BCUT2D eigenvalue weighted by molar-refractivity contribution is 5.96. The van der Waals surface area contributed by atoms with Crippen LogP contribution in [0.5, 0.6) is 17.2 Å². The second-order valence-electron chi connectivity index (χ2n) is 6.22. The summed E-state index contributed by atoms with van der Waals surface area (Å²) in [6.45, 7) is 4.38. The zero-order chi connectivity index (χ0) is 16.4. The molecule has 1 amide bonds. The third-order valence-electron chi connectivity index (χ3n) is 4.59. The van der Waals surface area contributed by atoms with Crippen LogP contribution in [0.1, 0.15) is 30.1 Å². The predicted molar refractivity (Wildman–Crippen MR) is 93.5 cm³/mol. The van der Waals surface area contributed by atoms with Crippen LogP contribution in [0.15, 0.2) is 12.1 Å². The molecule has 134 valence electrons. The number of nitrogens with zero attached hydrogens (tertiary/aromatic N) is 1. The number of benzene rings is 1. The summed E-state index contributed by atoms with van der Waals surface area (Å²) in [5, 5.41) is 0. The van der Waals surface area contributed by atoms with E-state index in [0.717, 1.165) is 19.4 Å². The van der Waals surface area contributed by atoms with E-state index in [2.05, 4.69) is 6.92 Å². The third-order valence-corrected chi connectivity index (χ3v) is 4.59. The van der Waals surface area contributed by atoms with E-state index in [0.29, 0.717) is 48.5 Å². The van der Waals surface area contributed by atoms with Crippen molar-refractivity contribution in [2.75, 3.05) is 33.4 Å². The van der Waals surface area contributed by atoms with Crippen molar-refractivity contribution < 1.29 is 19.0 Å². The van der Waals surface area contributed by atoms with E-state index in [1.807, 2.05) is 4.90 Å². The standard InChI is InChI=1S/C17H24N2O4.ClH/c1-11-3-4-19(13(7-11)10-18)17(20)12-8-14(21-2)16-15(9-12)22-5-6-23-16;/h8-9,11,13H,3-7,10,18H2,1-2H3;1H. The summed E-state index contributed by atoms with van der Waals surface area (Å²) in [5.41, 5.74) is 6.43. The molecule has 1 aromatic carbocycles. The molecular weight excluding hydrogens is 332 g/mol. The van der Waals surface area contributed by atoms with E-state index < -0.39 is 0 Å². The van der Waals surface area contributed by atoms with E-state index >= 15 is 0 Å². The summed E-state index contributed by atoms with van der Waals surface area (Å²) in [7, 11) is 1.56. The number of likely N-dealkylation sites (tertiary alicyclic amines) is 1. The van der Waals surface area contributed by atoms with Crippen molar-refractivity contribution in [3.8, 4) is 17.2 Å². The van der Waals surface area contributed by atoms with Crippen molar-refractivity contribution in [1.29, 1.82) is 0 Å². The fourth-order valence-corrected chi connectivity index (χ4v) is 3.30. The lowest BCUT2D eigenvalue weighted by Gasteiger charge is -2.38. The number of rotatable bonds is 3. The van der Waals surface area contributed by atoms with Gasteiger partial charge in [-0.3, -0.25) is 4.79 Å². The number of carbonyl (C=O) groups is 1. The van der Waals surface area contributed by atoms with E-state index in [1.165, 1.54) is 0 Å². The van der Waals surface area contributed by atoms with Crippen molar-refractivity contribution in [3.63, 3.8) is 0 Å². The van der Waals surface area contributed by atoms with Crippen molar-refractivity contribution in [2.45, 2.75) is 25.8 Å². The molecular formula is C17H25ClN2O4. The van der Waals surface area contributed by atoms with E-state index in [9.17, 15) is 4.79 Å². The molecule has 1 aromatic rings. The topological polar surface area (TPSA) is 74.0 Å². The fraction of sp³-hybridized carbons (Fsp3) is 0.588. The zero-order valence-corrected chi connectivity index (χ0v) is 14.9. The second kappa shape index (κ2) is 7.94. The number of methoxy groups -OCH3 is 1. The number of halogens is 1. The maximum Gasteiger partial charge on any atom is 0.254 e. The lowest BCUT2D eigenvalue weighted by atomic mass is 9.92. The molecule has 2 heterocycles. The highest BCUT2D eigenvalue weighted by atomic mass is 35.5. The number of hydrogen-bond acceptors (Lipinski definition) is 5. The molecule has 1 fully saturated rings. The number of amides is 1. The van der Waals surface area contributed by atoms with Gasteiger partial charge in [-0.15, -0.1) is 12.4 Å². The summed E-state index contributed by atoms with van der Waals surface area (Å²) in [4.78, 5) is 14.8. The smallest absolute Gasteiger partial charge is 0.254 e. The van der Waals surface area contributed by atoms with Crippen molar-refractivity contribution >= 4 is 18.3 Å². The molecule has 6 nitrogen and oxygen atoms in total. The Morgan fingerprint density at radius 1 is 1.38 bits per heavy atom. The largest absolute Gasteiger partial charge is 0.493 e. The first-order valence-electron chi connectivity index (χ1n) is 8.12. The molecule has 0 aliphatic carbocycles. The van der Waals surface area contributed by atoms with Crippen LogP contribution in [-0.4, -0.2) is 50.3 Å². The summed E-state index contributed by atoms with van der Waals surface area (Å²) >= 11 is 0. The van der Waals surface area contributed by atoms with Crippen LogP contribution < -0.4 is 19.9 Å². The summed E-state index contributed by atoms with van der Waals surface area (Å²) < 4.78 is 16.6. The van der Waals surface area contributed by atoms with Gasteiger partial charge in [-0.25, -0.2) is 0 Å². The van der Waals surface area contributed by atoms with Crippen molar-refractivity contribution in [3.05, 3.63) is 17.7 Å². The van der Waals surface area contributed by atoms with Gasteiger partial charge in [0.25, 0.3) is 5.91 Å². The first-order chi connectivity index (χ1) is 11.1. The molecule has 0 aromatic heterocycles. The van der Waals surface area contributed by atoms with E-state index in [4.69, 9.17) is 19.9 Å². The van der Waals surface area contributed by atoms with Crippen LogP contribution in [-0.2, 0) is 0 Å². The van der Waals surface area contributed by atoms with E-state index in [1.54, 1.807) is 19.2 Å². The molecule has 2 aliphatic rings. The molecule has 2 aliphatic heterocycles. The lowest BCUT2D eigenvalue weighted by molar-refractivity contribution is 0.0572. The Balaban J connectivity index is 0.00000208. The Bertz CT molecular complexity index is 579. The summed E-state index contributed by atoms with van der Waals surface area (Å²) in [6, 6.07) is 3.55. The molecule has 0 saturated carbocycles. The van der Waals surface area contributed by atoms with Crippen LogP contribution >= 0.6 is 12.4 Å². The predicted octanol–water partition coefficient (Wildman–Crippen LogP) is 2.09. The summed E-state index contributed by atoms with van der Waals surface area (Å²) in [5.74, 6) is 2.23. The van der Waals surface area contributed by atoms with Crippen LogP contribution in [0.3, 0.4) is 0 Å². The minimum absolute atomic E-state index is 0. The van der Waals surface area contributed by atoms with Gasteiger partial charge in [-0.05, 0) is 30.9 Å². The van der Waals surface area contributed by atoms with Gasteiger partial charge in [0, 0.05) is 24.7 Å². The molecule has 24 heavy (non-hydrogen) atoms. The number of ether oxygens (including phenoxy) is 3. The minimum atomic E-state index is -0.0253. The van der Waals surface area contributed by atoms with Gasteiger partial charge in [0.2, 0.25) is 5.75 Å². The zero-order valence-electron chi connectivity index (χ0n) is 14.1. The Kier molecular flexibility index (Phi) is 6.18. The molecule has 7 heteroatoms. The first kappa shape index (κ1) is 18.7. The molecule has 3 rings (SSSR count). The number of piperidine rings is 1. The summed E-state index contributed by atoms with van der Waals surface area (Å²) in [6.07, 6.45) is 1.95. The second-order valence-corrected chi connectivity index (χ2v) is 6.22. The highest BCUT2D eigenvalue weighted by Gasteiger charge is 2.31. The van der Waals surface area contributed by atoms with Crippen molar-refractivity contribution in [2.24, 2.45) is 11.7 Å². The Labute approximate surface area is 148 Å². The Hall–Kier alpha value is -1.66. The van der Waals surface area contributed by atoms with Gasteiger partial charge in [0.05, 0.1) is 7.11 Å². The molecule has 0 bridgehead atoms. The van der Waals surface area contributed by atoms with Crippen LogP contribution in [0, 0.1) is 5.92 Å². The molecule has 1 saturated heterocycles. The van der Waals surface area contributed by atoms with Gasteiger partial charge >= 0.3 is 0 Å². The Morgan fingerprint density at radius 2 is 2.12 bits per heavy atom. The van der Waals surface area contributed by atoms with E-state index in [-0.39, 0.29) is 24.4 Å². The van der Waals surface area contributed by atoms with Gasteiger partial charge in [-0.1, -0.05) is 6.92 Å². The molecule has 2 unspecified atom stereocenters. The average molecular weight is 357 g/mol. The number of nitrogens with two attached hydrogens (primary N) is 1. The van der Waals surface area contributed by atoms with Gasteiger partial charge in [0.15, 0.2) is 11.5 Å². The molecule has 0 radical (unpaired) electrons. The van der Waals surface area contributed by atoms with Gasteiger partial charge in [-0.2, -0.15) is 0 Å². The number of hydrogen-bond donors (Lipinski definition) is 1. The number of fused-ring (bicyclic) bond motifs is 1. The normalized spacial score (nSPS) is 22.5. The molecule has 2 N–H and O–H groups in total. The van der Waals surface area contributed by atoms with Crippen molar-refractivity contribution in [1.82, 2.24) is 4.90 Å². The lowest BCUT2D eigenvalue weighted by Crippen LogP contribution is -2.49. The van der Waals surface area contributed by atoms with Crippen LogP contribution in [0.4, 0.5) is 0 Å². The molecule has 2 atom stereocenters. The quantitative estimate of drug-likeness (QED) is 0.897. The van der Waals surface area contributed by atoms with Gasteiger partial charge in [0.1, 0.15) is 13.2 Å². The third kappa shape index (κ3) is 3.54. The minimum Gasteiger partial charge on any atom is -0.493 e. The monoisotopic (exact) mass is 356 g/mol.